The summed E-state index contributed by atoms with van der Waals surface area (Å²) < 4.78 is 7.86. The molecule has 2 aromatic carbocycles. The largest absolute Gasteiger partial charge is 0.488 e. The second kappa shape index (κ2) is 10.8. The molecule has 0 aliphatic carbocycles. The van der Waals surface area contributed by atoms with Gasteiger partial charge in [-0.3, -0.25) is 15.0 Å². The number of rotatable bonds is 7. The van der Waals surface area contributed by atoms with Gasteiger partial charge in [-0.15, -0.1) is 0 Å². The first-order valence-corrected chi connectivity index (χ1v) is 12.5. The fourth-order valence-electron chi connectivity index (χ4n) is 4.02. The molecule has 0 bridgehead atoms. The molecule has 2 amide bonds. The van der Waals surface area contributed by atoms with E-state index in [0.717, 1.165) is 22.0 Å². The van der Waals surface area contributed by atoms with Gasteiger partial charge in [-0.1, -0.05) is 45.0 Å². The molecule has 5 aromatic rings. The topological polar surface area (TPSA) is 119 Å². The minimum absolute atomic E-state index is 0.120. The Hall–Kier alpha value is -4.99. The number of aryl methyl sites for hydroxylation is 1. The fourth-order valence-corrected chi connectivity index (χ4v) is 4.02. The van der Waals surface area contributed by atoms with E-state index in [9.17, 15) is 4.79 Å². The number of urea groups is 1. The zero-order chi connectivity index (χ0) is 27.4. The molecule has 0 saturated carbocycles. The molecule has 10 nitrogen and oxygen atoms in total. The van der Waals surface area contributed by atoms with Gasteiger partial charge in [-0.25, -0.2) is 14.8 Å². The SMILES string of the molecule is Cn1nc(C(C)(C)C)cc1NC(=O)Nc1ccc(OCc2ccnc(Nc3cnccn3)c2)c2ccccc12. The first-order valence-electron chi connectivity index (χ1n) is 12.5. The van der Waals surface area contributed by atoms with Crippen molar-refractivity contribution < 1.29 is 9.53 Å². The number of hydrogen-bond acceptors (Lipinski definition) is 7. The van der Waals surface area contributed by atoms with Gasteiger partial charge in [0.15, 0.2) is 0 Å². The first kappa shape index (κ1) is 25.7. The van der Waals surface area contributed by atoms with Gasteiger partial charge >= 0.3 is 6.03 Å². The van der Waals surface area contributed by atoms with Crippen LogP contribution in [0.2, 0.25) is 0 Å². The fraction of sp³-hybridized carbons (Fsp3) is 0.207. The number of fused-ring (bicyclic) bond motifs is 1. The minimum Gasteiger partial charge on any atom is -0.488 e. The van der Waals surface area contributed by atoms with E-state index in [0.29, 0.717) is 35.5 Å². The predicted octanol–water partition coefficient (Wildman–Crippen LogP) is 6.02. The average Bonchev–Trinajstić information content (AvgIpc) is 3.29. The van der Waals surface area contributed by atoms with Gasteiger partial charge in [0, 0.05) is 47.9 Å². The number of ether oxygens (including phenoxy) is 1. The number of hydrogen-bond donors (Lipinski definition) is 3. The number of amides is 2. The van der Waals surface area contributed by atoms with Crippen molar-refractivity contribution in [3.05, 3.63) is 90.6 Å². The Morgan fingerprint density at radius 3 is 2.46 bits per heavy atom. The van der Waals surface area contributed by atoms with Crippen LogP contribution < -0.4 is 20.7 Å². The van der Waals surface area contributed by atoms with Crippen LogP contribution in [0.15, 0.2) is 79.4 Å². The van der Waals surface area contributed by atoms with Crippen LogP contribution in [0.5, 0.6) is 5.75 Å². The third-order valence-electron chi connectivity index (χ3n) is 6.06. The van der Waals surface area contributed by atoms with Crippen molar-refractivity contribution in [2.45, 2.75) is 32.8 Å². The van der Waals surface area contributed by atoms with E-state index in [1.54, 1.807) is 29.5 Å². The van der Waals surface area contributed by atoms with Gasteiger partial charge in [0.25, 0.3) is 0 Å². The van der Waals surface area contributed by atoms with Crippen molar-refractivity contribution >= 4 is 39.9 Å². The highest BCUT2D eigenvalue weighted by Gasteiger charge is 2.20. The standard InChI is InChI=1S/C29H30N8O2/c1-29(2,3)24-16-27(37(4)36-24)35-28(38)33-22-9-10-23(21-8-6-5-7-20(21)22)39-18-19-11-12-31-25(15-19)34-26-17-30-13-14-32-26/h5-17H,18H2,1-4H3,(H,31,32,34)(H2,33,35,38). The Bertz CT molecular complexity index is 1610. The predicted molar refractivity (Wildman–Crippen MR) is 152 cm³/mol. The molecule has 0 unspecified atom stereocenters. The van der Waals surface area contributed by atoms with E-state index in [1.165, 1.54) is 0 Å². The van der Waals surface area contributed by atoms with E-state index in [-0.39, 0.29) is 11.4 Å². The monoisotopic (exact) mass is 522 g/mol. The molecular formula is C29H30N8O2. The number of carbonyl (C=O) groups is 1. The zero-order valence-electron chi connectivity index (χ0n) is 22.3. The molecule has 39 heavy (non-hydrogen) atoms. The van der Waals surface area contributed by atoms with Crippen molar-refractivity contribution in [3.8, 4) is 5.75 Å². The third-order valence-corrected chi connectivity index (χ3v) is 6.06. The highest BCUT2D eigenvalue weighted by atomic mass is 16.5. The third kappa shape index (κ3) is 6.12. The van der Waals surface area contributed by atoms with Crippen LogP contribution in [0.1, 0.15) is 32.0 Å². The van der Waals surface area contributed by atoms with Gasteiger partial charge in [0.05, 0.1) is 17.6 Å². The molecular weight excluding hydrogens is 492 g/mol. The molecule has 0 aliphatic heterocycles. The second-order valence-corrected chi connectivity index (χ2v) is 10.1. The van der Waals surface area contributed by atoms with E-state index in [2.05, 4.69) is 56.8 Å². The average molecular weight is 523 g/mol. The van der Waals surface area contributed by atoms with Crippen LogP contribution in [0.25, 0.3) is 10.8 Å². The lowest BCUT2D eigenvalue weighted by atomic mass is 9.92. The summed E-state index contributed by atoms with van der Waals surface area (Å²) in [5.41, 5.74) is 2.39. The van der Waals surface area contributed by atoms with Gasteiger partial charge < -0.3 is 15.4 Å². The molecule has 3 aromatic heterocycles. The summed E-state index contributed by atoms with van der Waals surface area (Å²) in [7, 11) is 1.81. The quantitative estimate of drug-likeness (QED) is 0.239. The van der Waals surface area contributed by atoms with Crippen molar-refractivity contribution in [1.29, 1.82) is 0 Å². The maximum Gasteiger partial charge on any atom is 0.324 e. The molecule has 0 fully saturated rings. The summed E-state index contributed by atoms with van der Waals surface area (Å²) in [5, 5.41) is 15.3. The Balaban J connectivity index is 1.29. The maximum atomic E-state index is 12.9. The van der Waals surface area contributed by atoms with Crippen molar-refractivity contribution in [2.24, 2.45) is 7.05 Å². The number of anilines is 4. The summed E-state index contributed by atoms with van der Waals surface area (Å²) in [4.78, 5) is 25.5. The molecule has 0 atom stereocenters. The van der Waals surface area contributed by atoms with Crippen molar-refractivity contribution in [2.75, 3.05) is 16.0 Å². The van der Waals surface area contributed by atoms with Crippen LogP contribution in [0.3, 0.4) is 0 Å². The Morgan fingerprint density at radius 1 is 0.923 bits per heavy atom. The van der Waals surface area contributed by atoms with Crippen molar-refractivity contribution in [3.63, 3.8) is 0 Å². The van der Waals surface area contributed by atoms with E-state index >= 15 is 0 Å². The molecule has 3 heterocycles. The maximum absolute atomic E-state index is 12.9. The summed E-state index contributed by atoms with van der Waals surface area (Å²) in [6, 6.07) is 16.8. The molecule has 0 spiro atoms. The van der Waals surface area contributed by atoms with Crippen LogP contribution in [-0.2, 0) is 19.1 Å². The number of carbonyl (C=O) groups excluding carboxylic acids is 1. The van der Waals surface area contributed by atoms with Gasteiger partial charge in [0.1, 0.15) is 29.8 Å². The Kier molecular flexibility index (Phi) is 7.09. The van der Waals surface area contributed by atoms with Gasteiger partial charge in [-0.2, -0.15) is 5.10 Å². The lowest BCUT2D eigenvalue weighted by Crippen LogP contribution is -2.21. The number of aromatic nitrogens is 5. The summed E-state index contributed by atoms with van der Waals surface area (Å²) >= 11 is 0. The van der Waals surface area contributed by atoms with Crippen LogP contribution in [0, 0.1) is 0 Å². The van der Waals surface area contributed by atoms with Crippen LogP contribution in [0.4, 0.5) is 27.9 Å². The normalized spacial score (nSPS) is 11.3. The Morgan fingerprint density at radius 2 is 1.72 bits per heavy atom. The van der Waals surface area contributed by atoms with E-state index in [1.807, 2.05) is 61.6 Å². The zero-order valence-corrected chi connectivity index (χ0v) is 22.3. The van der Waals surface area contributed by atoms with Gasteiger partial charge in [-0.05, 0) is 29.8 Å². The summed E-state index contributed by atoms with van der Waals surface area (Å²) in [5.74, 6) is 2.58. The number of benzene rings is 2. The minimum atomic E-state index is -0.350. The summed E-state index contributed by atoms with van der Waals surface area (Å²) in [6.07, 6.45) is 6.58. The highest BCUT2D eigenvalue weighted by Crippen LogP contribution is 2.32. The molecule has 0 radical (unpaired) electrons. The lowest BCUT2D eigenvalue weighted by molar-refractivity contribution is 0.262. The number of nitrogens with zero attached hydrogens (tertiary/aromatic N) is 5. The smallest absolute Gasteiger partial charge is 0.324 e. The molecule has 0 saturated heterocycles. The van der Waals surface area contributed by atoms with E-state index < -0.39 is 0 Å². The highest BCUT2D eigenvalue weighted by molar-refractivity contribution is 6.07. The molecule has 3 N–H and O–H groups in total. The second-order valence-electron chi connectivity index (χ2n) is 10.1. The van der Waals surface area contributed by atoms with Crippen LogP contribution in [-0.4, -0.2) is 30.8 Å². The van der Waals surface area contributed by atoms with Crippen molar-refractivity contribution in [1.82, 2.24) is 24.7 Å². The Labute approximate surface area is 226 Å². The van der Waals surface area contributed by atoms with Gasteiger partial charge in [0.2, 0.25) is 0 Å². The molecule has 10 heteroatoms. The number of pyridine rings is 1. The van der Waals surface area contributed by atoms with Crippen LogP contribution >= 0.6 is 0 Å². The number of nitrogens with one attached hydrogen (secondary N) is 3. The lowest BCUT2D eigenvalue weighted by Gasteiger charge is -2.14. The summed E-state index contributed by atoms with van der Waals surface area (Å²) in [6.45, 7) is 6.59. The van der Waals surface area contributed by atoms with E-state index in [4.69, 9.17) is 4.74 Å². The molecule has 5 rings (SSSR count). The molecule has 0 aliphatic rings. The first-order chi connectivity index (χ1) is 18.8. The molecule has 198 valence electrons.